The lowest BCUT2D eigenvalue weighted by molar-refractivity contribution is 0.199. The summed E-state index contributed by atoms with van der Waals surface area (Å²) >= 11 is 0. The SMILES string of the molecule is CC[C@@H](N)c1nc(CCOC)no1. The van der Waals surface area contributed by atoms with Crippen LogP contribution in [0, 0.1) is 0 Å². The van der Waals surface area contributed by atoms with Crippen LogP contribution in [0.4, 0.5) is 0 Å². The van der Waals surface area contributed by atoms with E-state index in [2.05, 4.69) is 10.1 Å². The molecule has 5 heteroatoms. The maximum Gasteiger partial charge on any atom is 0.243 e. The van der Waals surface area contributed by atoms with E-state index < -0.39 is 0 Å². The van der Waals surface area contributed by atoms with Crippen molar-refractivity contribution in [1.82, 2.24) is 10.1 Å². The Labute approximate surface area is 77.3 Å². The molecule has 0 unspecified atom stereocenters. The summed E-state index contributed by atoms with van der Waals surface area (Å²) in [5, 5.41) is 3.78. The molecule has 0 saturated heterocycles. The maximum atomic E-state index is 5.71. The molecule has 1 atom stereocenters. The number of aromatic nitrogens is 2. The summed E-state index contributed by atoms with van der Waals surface area (Å²) in [6.07, 6.45) is 1.46. The van der Waals surface area contributed by atoms with Crippen molar-refractivity contribution in [2.24, 2.45) is 5.73 Å². The molecule has 2 N–H and O–H groups in total. The van der Waals surface area contributed by atoms with Gasteiger partial charge in [0, 0.05) is 13.5 Å². The second-order valence-electron chi connectivity index (χ2n) is 2.81. The zero-order valence-corrected chi connectivity index (χ0v) is 7.99. The third-order valence-corrected chi connectivity index (χ3v) is 1.77. The highest BCUT2D eigenvalue weighted by Gasteiger charge is 2.11. The van der Waals surface area contributed by atoms with Crippen molar-refractivity contribution in [2.75, 3.05) is 13.7 Å². The van der Waals surface area contributed by atoms with Gasteiger partial charge in [-0.2, -0.15) is 4.98 Å². The quantitative estimate of drug-likeness (QED) is 0.729. The molecule has 0 spiro atoms. The van der Waals surface area contributed by atoms with E-state index >= 15 is 0 Å². The summed E-state index contributed by atoms with van der Waals surface area (Å²) in [5.41, 5.74) is 5.71. The van der Waals surface area contributed by atoms with Crippen LogP contribution in [0.3, 0.4) is 0 Å². The predicted octanol–water partition coefficient (Wildman–Crippen LogP) is 0.668. The van der Waals surface area contributed by atoms with Gasteiger partial charge in [-0.1, -0.05) is 12.1 Å². The Morgan fingerprint density at radius 2 is 2.38 bits per heavy atom. The van der Waals surface area contributed by atoms with Gasteiger partial charge in [0.05, 0.1) is 12.6 Å². The molecule has 0 aliphatic rings. The molecule has 1 aromatic rings. The Kier molecular flexibility index (Phi) is 3.85. The van der Waals surface area contributed by atoms with Gasteiger partial charge >= 0.3 is 0 Å². The van der Waals surface area contributed by atoms with E-state index in [9.17, 15) is 0 Å². The van der Waals surface area contributed by atoms with E-state index in [1.165, 1.54) is 0 Å². The fraction of sp³-hybridized carbons (Fsp3) is 0.750. The average Bonchev–Trinajstić information content (AvgIpc) is 2.62. The Hall–Kier alpha value is -0.940. The first-order valence-electron chi connectivity index (χ1n) is 4.35. The lowest BCUT2D eigenvalue weighted by Gasteiger charge is -1.98. The topological polar surface area (TPSA) is 74.2 Å². The van der Waals surface area contributed by atoms with Crippen LogP contribution in [0.1, 0.15) is 31.1 Å². The maximum absolute atomic E-state index is 5.71. The smallest absolute Gasteiger partial charge is 0.243 e. The number of hydrogen-bond donors (Lipinski definition) is 1. The number of rotatable bonds is 5. The summed E-state index contributed by atoms with van der Waals surface area (Å²) in [6.45, 7) is 2.57. The van der Waals surface area contributed by atoms with Crippen LogP contribution in [0.5, 0.6) is 0 Å². The van der Waals surface area contributed by atoms with Gasteiger partial charge in [-0.15, -0.1) is 0 Å². The highest BCUT2D eigenvalue weighted by atomic mass is 16.5. The fourth-order valence-electron chi connectivity index (χ4n) is 0.888. The van der Waals surface area contributed by atoms with E-state index in [1.807, 2.05) is 6.92 Å². The van der Waals surface area contributed by atoms with Gasteiger partial charge in [-0.05, 0) is 6.42 Å². The third-order valence-electron chi connectivity index (χ3n) is 1.77. The van der Waals surface area contributed by atoms with Crippen molar-refractivity contribution >= 4 is 0 Å². The van der Waals surface area contributed by atoms with Gasteiger partial charge in [-0.3, -0.25) is 0 Å². The van der Waals surface area contributed by atoms with E-state index in [4.69, 9.17) is 15.0 Å². The zero-order valence-electron chi connectivity index (χ0n) is 7.99. The minimum Gasteiger partial charge on any atom is -0.384 e. The molecule has 74 valence electrons. The van der Waals surface area contributed by atoms with Crippen LogP contribution in [0.25, 0.3) is 0 Å². The minimum atomic E-state index is -0.149. The molecule has 0 aliphatic heterocycles. The molecular weight excluding hydrogens is 170 g/mol. The zero-order chi connectivity index (χ0) is 9.68. The molecule has 0 amide bonds. The van der Waals surface area contributed by atoms with E-state index in [1.54, 1.807) is 7.11 Å². The van der Waals surface area contributed by atoms with Gasteiger partial charge in [0.2, 0.25) is 5.89 Å². The van der Waals surface area contributed by atoms with Crippen molar-refractivity contribution < 1.29 is 9.26 Å². The normalized spacial score (nSPS) is 13.2. The number of methoxy groups -OCH3 is 1. The molecule has 1 aromatic heterocycles. The average molecular weight is 185 g/mol. The van der Waals surface area contributed by atoms with Crippen molar-refractivity contribution in [3.05, 3.63) is 11.7 Å². The van der Waals surface area contributed by atoms with Crippen LogP contribution in [0.2, 0.25) is 0 Å². The molecule has 13 heavy (non-hydrogen) atoms. The van der Waals surface area contributed by atoms with Crippen LogP contribution in [0.15, 0.2) is 4.52 Å². The van der Waals surface area contributed by atoms with E-state index in [0.717, 1.165) is 6.42 Å². The second-order valence-corrected chi connectivity index (χ2v) is 2.81. The molecular formula is C8H15N3O2. The van der Waals surface area contributed by atoms with Crippen LogP contribution in [-0.2, 0) is 11.2 Å². The van der Waals surface area contributed by atoms with Gasteiger partial charge in [-0.25, -0.2) is 0 Å². The van der Waals surface area contributed by atoms with E-state index in [0.29, 0.717) is 24.7 Å². The number of hydrogen-bond acceptors (Lipinski definition) is 5. The molecule has 0 bridgehead atoms. The molecule has 0 fully saturated rings. The lowest BCUT2D eigenvalue weighted by Crippen LogP contribution is -2.09. The number of nitrogens with zero attached hydrogens (tertiary/aromatic N) is 2. The van der Waals surface area contributed by atoms with Crippen LogP contribution >= 0.6 is 0 Å². The highest BCUT2D eigenvalue weighted by Crippen LogP contribution is 2.10. The van der Waals surface area contributed by atoms with Crippen molar-refractivity contribution in [3.8, 4) is 0 Å². The number of ether oxygens (including phenoxy) is 1. The fourth-order valence-corrected chi connectivity index (χ4v) is 0.888. The molecule has 0 aliphatic carbocycles. The number of nitrogens with two attached hydrogens (primary N) is 1. The molecule has 1 rings (SSSR count). The van der Waals surface area contributed by atoms with Gasteiger partial charge in [0.1, 0.15) is 0 Å². The summed E-state index contributed by atoms with van der Waals surface area (Å²) < 4.78 is 9.86. The molecule has 1 heterocycles. The molecule has 0 aromatic carbocycles. The standard InChI is InChI=1S/C8H15N3O2/c1-3-6(9)8-10-7(11-13-8)4-5-12-2/h6H,3-5,9H2,1-2H3/t6-/m1/s1. The Bertz CT molecular complexity index is 249. The Morgan fingerprint density at radius 3 is 3.00 bits per heavy atom. The largest absolute Gasteiger partial charge is 0.384 e. The van der Waals surface area contributed by atoms with Gasteiger partial charge in [0.25, 0.3) is 0 Å². The van der Waals surface area contributed by atoms with Gasteiger partial charge < -0.3 is 15.0 Å². The van der Waals surface area contributed by atoms with Crippen LogP contribution in [-0.4, -0.2) is 23.9 Å². The molecule has 5 nitrogen and oxygen atoms in total. The lowest BCUT2D eigenvalue weighted by atomic mass is 10.2. The summed E-state index contributed by atoms with van der Waals surface area (Å²) in [4.78, 5) is 4.14. The molecule has 0 saturated carbocycles. The predicted molar refractivity (Wildman–Crippen MR) is 47.1 cm³/mol. The van der Waals surface area contributed by atoms with Crippen molar-refractivity contribution in [3.63, 3.8) is 0 Å². The van der Waals surface area contributed by atoms with E-state index in [-0.39, 0.29) is 6.04 Å². The van der Waals surface area contributed by atoms with Crippen molar-refractivity contribution in [1.29, 1.82) is 0 Å². The van der Waals surface area contributed by atoms with Gasteiger partial charge in [0.15, 0.2) is 5.82 Å². The Balaban J connectivity index is 2.53. The molecule has 0 radical (unpaired) electrons. The van der Waals surface area contributed by atoms with Crippen molar-refractivity contribution in [2.45, 2.75) is 25.8 Å². The first-order valence-corrected chi connectivity index (χ1v) is 4.35. The summed E-state index contributed by atoms with van der Waals surface area (Å²) in [5.74, 6) is 1.16. The summed E-state index contributed by atoms with van der Waals surface area (Å²) in [6, 6.07) is -0.149. The monoisotopic (exact) mass is 185 g/mol. The minimum absolute atomic E-state index is 0.149. The first kappa shape index (κ1) is 10.1. The van der Waals surface area contributed by atoms with Crippen LogP contribution < -0.4 is 5.73 Å². The second kappa shape index (κ2) is 4.94. The third kappa shape index (κ3) is 2.78. The Morgan fingerprint density at radius 1 is 1.62 bits per heavy atom. The first-order chi connectivity index (χ1) is 6.27. The highest BCUT2D eigenvalue weighted by molar-refractivity contribution is 4.91. The summed E-state index contributed by atoms with van der Waals surface area (Å²) in [7, 11) is 1.64.